The molecular weight excluding hydrogens is 244 g/mol. The predicted octanol–water partition coefficient (Wildman–Crippen LogP) is 3.07. The first-order valence-electron chi connectivity index (χ1n) is 6.83. The second-order valence-electron chi connectivity index (χ2n) is 4.76. The summed E-state index contributed by atoms with van der Waals surface area (Å²) in [6, 6.07) is 2.45. The Balaban J connectivity index is 2.61. The molecule has 19 heavy (non-hydrogen) atoms. The maximum Gasteiger partial charge on any atom is 0.335 e. The van der Waals surface area contributed by atoms with Gasteiger partial charge in [0.1, 0.15) is 5.75 Å². The maximum absolute atomic E-state index is 11.7. The molecule has 0 aliphatic carbocycles. The van der Waals surface area contributed by atoms with Crippen molar-refractivity contribution in [3.05, 3.63) is 23.3 Å². The molecule has 0 aliphatic heterocycles. The van der Waals surface area contributed by atoms with Crippen LogP contribution in [0.3, 0.4) is 0 Å². The Morgan fingerprint density at radius 3 is 2.42 bits per heavy atom. The third-order valence-electron chi connectivity index (χ3n) is 3.25. The summed E-state index contributed by atoms with van der Waals surface area (Å²) >= 11 is 0. The molecule has 0 aromatic heterocycles. The van der Waals surface area contributed by atoms with Gasteiger partial charge in [-0.3, -0.25) is 0 Å². The Kier molecular flexibility index (Phi) is 6.19. The van der Waals surface area contributed by atoms with Gasteiger partial charge in [-0.2, -0.15) is 0 Å². The Bertz CT molecular complexity index is 426. The highest BCUT2D eigenvalue weighted by Crippen LogP contribution is 2.30. The number of rotatable bonds is 8. The van der Waals surface area contributed by atoms with Crippen LogP contribution in [0.2, 0.25) is 0 Å². The quantitative estimate of drug-likeness (QED) is 0.708. The van der Waals surface area contributed by atoms with Crippen molar-refractivity contribution >= 4 is 5.97 Å². The fourth-order valence-electron chi connectivity index (χ4n) is 2.15. The van der Waals surface area contributed by atoms with Crippen LogP contribution in [-0.2, 0) is 6.42 Å². The second-order valence-corrected chi connectivity index (χ2v) is 4.76. The summed E-state index contributed by atoms with van der Waals surface area (Å²) in [5.41, 5.74) is 0.236. The normalized spacial score (nSPS) is 10.6. The number of carboxylic acids is 1. The lowest BCUT2D eigenvalue weighted by molar-refractivity contribution is -0.271. The highest BCUT2D eigenvalue weighted by Gasteiger charge is 2.12. The third kappa shape index (κ3) is 4.47. The lowest BCUT2D eigenvalue weighted by atomic mass is 9.99. The number of hydrogen-bond donors (Lipinski definition) is 2. The van der Waals surface area contributed by atoms with Gasteiger partial charge >= 0.3 is 5.97 Å². The zero-order valence-corrected chi connectivity index (χ0v) is 11.3. The smallest absolute Gasteiger partial charge is 0.335 e. The highest BCUT2D eigenvalue weighted by molar-refractivity contribution is 5.90. The first-order chi connectivity index (χ1) is 9.07. The van der Waals surface area contributed by atoms with E-state index in [1.165, 1.54) is 25.3 Å². The van der Waals surface area contributed by atoms with Gasteiger partial charge in [-0.25, -0.2) is 4.79 Å². The molecule has 0 saturated carbocycles. The van der Waals surface area contributed by atoms with E-state index in [-0.39, 0.29) is 16.9 Å². The molecule has 0 radical (unpaired) electrons. The molecule has 1 aromatic rings. The topological polar surface area (TPSA) is 80.6 Å². The molecule has 0 heterocycles. The molecule has 1 aromatic carbocycles. The monoisotopic (exact) mass is 265 g/mol. The molecule has 1 rings (SSSR count). The van der Waals surface area contributed by atoms with Crippen molar-refractivity contribution in [2.45, 2.75) is 51.9 Å². The van der Waals surface area contributed by atoms with E-state index in [4.69, 9.17) is 5.11 Å². The molecule has 0 amide bonds. The van der Waals surface area contributed by atoms with Crippen molar-refractivity contribution < 1.29 is 20.1 Å². The standard InChI is InChI=1S/C15H22O4/c1-2-3-4-5-6-7-8-11-12(15(18)19)9-10-13(16)14(11)17/h9-10,16-17H,2-8H2,1H3,(H,18,19)/p-1. The molecule has 0 aliphatic rings. The number of carbonyl (C=O) groups is 1. The maximum atomic E-state index is 11.7. The summed E-state index contributed by atoms with van der Waals surface area (Å²) in [5, 5.41) is 30.2. The largest absolute Gasteiger partial charge is 0.870 e. The lowest BCUT2D eigenvalue weighted by Crippen LogP contribution is -2.07. The average Bonchev–Trinajstić information content (AvgIpc) is 2.38. The molecule has 0 saturated heterocycles. The summed E-state index contributed by atoms with van der Waals surface area (Å²) < 4.78 is 0. The Morgan fingerprint density at radius 2 is 1.79 bits per heavy atom. The van der Waals surface area contributed by atoms with E-state index >= 15 is 0 Å². The SMILES string of the molecule is CCCCCCCCc1c(C(=O)O)ccc(O)c1[O-]. The number of aromatic hydroxyl groups is 1. The van der Waals surface area contributed by atoms with Crippen molar-refractivity contribution in [2.75, 3.05) is 0 Å². The molecule has 106 valence electrons. The molecular formula is C15H21O4-. The van der Waals surface area contributed by atoms with Crippen molar-refractivity contribution in [3.8, 4) is 11.5 Å². The fourth-order valence-corrected chi connectivity index (χ4v) is 2.15. The van der Waals surface area contributed by atoms with Crippen LogP contribution in [0.4, 0.5) is 0 Å². The molecule has 0 atom stereocenters. The van der Waals surface area contributed by atoms with Crippen LogP contribution in [0.5, 0.6) is 11.5 Å². The highest BCUT2D eigenvalue weighted by atomic mass is 16.4. The van der Waals surface area contributed by atoms with Gasteiger partial charge in [0.05, 0.1) is 5.56 Å². The predicted molar refractivity (Wildman–Crippen MR) is 71.6 cm³/mol. The minimum Gasteiger partial charge on any atom is -0.870 e. The van der Waals surface area contributed by atoms with Gasteiger partial charge in [-0.15, -0.1) is 0 Å². The summed E-state index contributed by atoms with van der Waals surface area (Å²) in [6.07, 6.45) is 6.84. The summed E-state index contributed by atoms with van der Waals surface area (Å²) in [7, 11) is 0. The molecule has 4 nitrogen and oxygen atoms in total. The van der Waals surface area contributed by atoms with Gasteiger partial charge in [0.15, 0.2) is 0 Å². The van der Waals surface area contributed by atoms with Crippen LogP contribution in [0.25, 0.3) is 0 Å². The average molecular weight is 265 g/mol. The molecule has 0 spiro atoms. The van der Waals surface area contributed by atoms with E-state index in [1.54, 1.807) is 0 Å². The van der Waals surface area contributed by atoms with Crippen molar-refractivity contribution in [3.63, 3.8) is 0 Å². The van der Waals surface area contributed by atoms with Gasteiger partial charge in [0.2, 0.25) is 0 Å². The number of phenols is 1. The first-order valence-corrected chi connectivity index (χ1v) is 6.83. The van der Waals surface area contributed by atoms with E-state index in [9.17, 15) is 15.0 Å². The lowest BCUT2D eigenvalue weighted by Gasteiger charge is -2.17. The van der Waals surface area contributed by atoms with E-state index in [0.29, 0.717) is 6.42 Å². The number of benzene rings is 1. The van der Waals surface area contributed by atoms with Crippen LogP contribution in [0, 0.1) is 0 Å². The Morgan fingerprint density at radius 1 is 1.16 bits per heavy atom. The van der Waals surface area contributed by atoms with Gasteiger partial charge in [0.25, 0.3) is 0 Å². The number of phenolic OH excluding ortho intramolecular Hbond substituents is 1. The Labute approximate surface area is 113 Å². The number of aromatic carboxylic acids is 1. The van der Waals surface area contributed by atoms with Crippen LogP contribution in [0.1, 0.15) is 61.4 Å². The number of carboxylic acid groups (broad SMARTS) is 1. The van der Waals surface area contributed by atoms with Gasteiger partial charge in [0, 0.05) is 0 Å². The third-order valence-corrected chi connectivity index (χ3v) is 3.25. The van der Waals surface area contributed by atoms with Gasteiger partial charge in [-0.1, -0.05) is 44.8 Å². The summed E-state index contributed by atoms with van der Waals surface area (Å²) in [5.74, 6) is -2.03. The van der Waals surface area contributed by atoms with Crippen molar-refractivity contribution in [1.82, 2.24) is 0 Å². The molecule has 2 N–H and O–H groups in total. The minimum atomic E-state index is -1.11. The Hall–Kier alpha value is -1.71. The van der Waals surface area contributed by atoms with Crippen LogP contribution < -0.4 is 5.11 Å². The number of hydrogen-bond acceptors (Lipinski definition) is 3. The molecule has 0 bridgehead atoms. The van der Waals surface area contributed by atoms with Gasteiger partial charge in [-0.05, 0) is 30.5 Å². The molecule has 0 fully saturated rings. The fraction of sp³-hybridized carbons (Fsp3) is 0.533. The molecule has 0 unspecified atom stereocenters. The van der Waals surface area contributed by atoms with Crippen LogP contribution in [-0.4, -0.2) is 16.2 Å². The number of unbranched alkanes of at least 4 members (excludes halogenated alkanes) is 5. The molecule has 4 heteroatoms. The minimum absolute atomic E-state index is 0.0105. The summed E-state index contributed by atoms with van der Waals surface area (Å²) in [4.78, 5) is 11.0. The van der Waals surface area contributed by atoms with Crippen LogP contribution in [0.15, 0.2) is 12.1 Å². The van der Waals surface area contributed by atoms with E-state index in [0.717, 1.165) is 25.3 Å². The first kappa shape index (κ1) is 15.3. The summed E-state index contributed by atoms with van der Waals surface area (Å²) in [6.45, 7) is 2.15. The van der Waals surface area contributed by atoms with Crippen molar-refractivity contribution in [1.29, 1.82) is 0 Å². The van der Waals surface area contributed by atoms with Crippen LogP contribution >= 0.6 is 0 Å². The van der Waals surface area contributed by atoms with Crippen molar-refractivity contribution in [2.24, 2.45) is 0 Å². The van der Waals surface area contributed by atoms with Gasteiger partial charge < -0.3 is 15.3 Å². The second kappa shape index (κ2) is 7.67. The van der Waals surface area contributed by atoms with E-state index in [1.807, 2.05) is 0 Å². The van der Waals surface area contributed by atoms with E-state index < -0.39 is 11.7 Å². The van der Waals surface area contributed by atoms with E-state index in [2.05, 4.69) is 6.92 Å². The zero-order chi connectivity index (χ0) is 14.3. The zero-order valence-electron chi connectivity index (χ0n) is 11.3.